The van der Waals surface area contributed by atoms with Gasteiger partial charge >= 0.3 is 0 Å². The molecule has 3 heterocycles. The van der Waals surface area contributed by atoms with Crippen molar-refractivity contribution in [2.24, 2.45) is 0 Å². The lowest BCUT2D eigenvalue weighted by Gasteiger charge is -2.37. The van der Waals surface area contributed by atoms with E-state index in [-0.39, 0.29) is 25.0 Å². The van der Waals surface area contributed by atoms with Crippen molar-refractivity contribution in [3.8, 4) is 0 Å². The van der Waals surface area contributed by atoms with Crippen LogP contribution in [0.4, 0.5) is 8.78 Å². The summed E-state index contributed by atoms with van der Waals surface area (Å²) in [6.45, 7) is 1.15. The fourth-order valence-electron chi connectivity index (χ4n) is 3.27. The Bertz CT molecular complexity index is 967. The molecule has 0 atom stereocenters. The second kappa shape index (κ2) is 6.64. The molecule has 144 valence electrons. The van der Waals surface area contributed by atoms with Crippen molar-refractivity contribution in [1.82, 2.24) is 24.2 Å². The number of hydrogen-bond donors (Lipinski definition) is 0. The number of halogens is 2. The number of sulfonamides is 1. The molecule has 1 aromatic carbocycles. The Morgan fingerprint density at radius 1 is 1.19 bits per heavy atom. The van der Waals surface area contributed by atoms with E-state index in [4.69, 9.17) is 0 Å². The van der Waals surface area contributed by atoms with E-state index in [1.807, 2.05) is 0 Å². The molecule has 2 aliphatic heterocycles. The predicted molar refractivity (Wildman–Crippen MR) is 88.8 cm³/mol. The Hall–Kier alpha value is -2.40. The second-order valence-electron chi connectivity index (χ2n) is 6.64. The molecule has 4 rings (SSSR count). The molecule has 2 aromatic rings. The standard InChI is InChI=1S/C16H17F2N5O3S/c17-13-3-1-4-14(18)16(13)27(25,26)22-9-12(10-22)23-8-11(19-20-23)7-21-6-2-5-15(21)24/h1,3-4,8,12H,2,5-7,9-10H2. The highest BCUT2D eigenvalue weighted by molar-refractivity contribution is 7.89. The number of carbonyl (C=O) groups is 1. The number of carbonyl (C=O) groups excluding carboxylic acids is 1. The maximum atomic E-state index is 13.8. The molecule has 11 heteroatoms. The first-order valence-corrected chi connectivity index (χ1v) is 9.93. The molecule has 27 heavy (non-hydrogen) atoms. The number of aromatic nitrogens is 3. The summed E-state index contributed by atoms with van der Waals surface area (Å²) in [7, 11) is -4.25. The third-order valence-corrected chi connectivity index (χ3v) is 6.69. The smallest absolute Gasteiger partial charge is 0.249 e. The molecular formula is C16H17F2N5O3S. The van der Waals surface area contributed by atoms with Crippen LogP contribution >= 0.6 is 0 Å². The van der Waals surface area contributed by atoms with Crippen LogP contribution in [-0.4, -0.2) is 58.2 Å². The summed E-state index contributed by atoms with van der Waals surface area (Å²) in [4.78, 5) is 12.4. The Morgan fingerprint density at radius 3 is 2.52 bits per heavy atom. The fourth-order valence-corrected chi connectivity index (χ4v) is 4.89. The summed E-state index contributed by atoms with van der Waals surface area (Å²) in [6.07, 6.45) is 3.04. The SMILES string of the molecule is O=C1CCCN1Cc1cn(C2CN(S(=O)(=O)c3c(F)cccc3F)C2)nn1. The number of hydrogen-bond acceptors (Lipinski definition) is 5. The van der Waals surface area contributed by atoms with Crippen molar-refractivity contribution in [2.75, 3.05) is 19.6 Å². The molecule has 0 radical (unpaired) electrons. The van der Waals surface area contributed by atoms with Gasteiger partial charge in [0.15, 0.2) is 4.90 Å². The van der Waals surface area contributed by atoms with Gasteiger partial charge in [-0.2, -0.15) is 4.31 Å². The highest BCUT2D eigenvalue weighted by Crippen LogP contribution is 2.30. The van der Waals surface area contributed by atoms with Crippen LogP contribution in [0.1, 0.15) is 24.6 Å². The van der Waals surface area contributed by atoms with Crippen molar-refractivity contribution >= 4 is 15.9 Å². The first-order chi connectivity index (χ1) is 12.9. The van der Waals surface area contributed by atoms with Gasteiger partial charge in [0.05, 0.1) is 18.8 Å². The average Bonchev–Trinajstić information content (AvgIpc) is 3.15. The predicted octanol–water partition coefficient (Wildman–Crippen LogP) is 0.924. The van der Waals surface area contributed by atoms with Crippen molar-refractivity contribution in [3.63, 3.8) is 0 Å². The lowest BCUT2D eigenvalue weighted by atomic mass is 10.2. The Balaban J connectivity index is 1.43. The van der Waals surface area contributed by atoms with Gasteiger partial charge in [-0.3, -0.25) is 4.79 Å². The summed E-state index contributed by atoms with van der Waals surface area (Å²) < 4.78 is 55.1. The third-order valence-electron chi connectivity index (χ3n) is 4.80. The topological polar surface area (TPSA) is 88.4 Å². The van der Waals surface area contributed by atoms with Gasteiger partial charge in [0.25, 0.3) is 0 Å². The van der Waals surface area contributed by atoms with Gasteiger partial charge in [0.2, 0.25) is 15.9 Å². The van der Waals surface area contributed by atoms with Crippen LogP contribution in [0.15, 0.2) is 29.3 Å². The molecule has 2 saturated heterocycles. The molecule has 0 saturated carbocycles. The molecule has 0 spiro atoms. The van der Waals surface area contributed by atoms with E-state index in [1.54, 1.807) is 11.1 Å². The summed E-state index contributed by atoms with van der Waals surface area (Å²) in [5.41, 5.74) is 0.617. The number of rotatable bonds is 5. The lowest BCUT2D eigenvalue weighted by molar-refractivity contribution is -0.128. The van der Waals surface area contributed by atoms with Crippen LogP contribution in [0.3, 0.4) is 0 Å². The van der Waals surface area contributed by atoms with Crippen molar-refractivity contribution < 1.29 is 22.0 Å². The number of amides is 1. The lowest BCUT2D eigenvalue weighted by Crippen LogP contribution is -2.51. The third kappa shape index (κ3) is 3.21. The van der Waals surface area contributed by atoms with E-state index >= 15 is 0 Å². The van der Waals surface area contributed by atoms with E-state index in [9.17, 15) is 22.0 Å². The minimum atomic E-state index is -4.25. The highest BCUT2D eigenvalue weighted by atomic mass is 32.2. The molecule has 0 N–H and O–H groups in total. The summed E-state index contributed by atoms with van der Waals surface area (Å²) in [5.74, 6) is -2.15. The van der Waals surface area contributed by atoms with Crippen molar-refractivity contribution in [1.29, 1.82) is 0 Å². The molecule has 0 unspecified atom stereocenters. The molecule has 0 bridgehead atoms. The summed E-state index contributed by atoms with van der Waals surface area (Å²) >= 11 is 0. The van der Waals surface area contributed by atoms with Gasteiger partial charge in [-0.05, 0) is 18.6 Å². The van der Waals surface area contributed by atoms with Crippen LogP contribution in [0, 0.1) is 11.6 Å². The van der Waals surface area contributed by atoms with Gasteiger partial charge < -0.3 is 4.90 Å². The normalized spacial score (nSPS) is 18.9. The highest BCUT2D eigenvalue weighted by Gasteiger charge is 2.41. The van der Waals surface area contributed by atoms with Crippen LogP contribution in [-0.2, 0) is 21.4 Å². The molecule has 0 aliphatic carbocycles. The minimum absolute atomic E-state index is 0.0432. The maximum Gasteiger partial charge on any atom is 0.249 e. The van der Waals surface area contributed by atoms with Crippen LogP contribution in [0.2, 0.25) is 0 Å². The molecule has 2 aliphatic rings. The molecule has 8 nitrogen and oxygen atoms in total. The summed E-state index contributed by atoms with van der Waals surface area (Å²) in [6, 6.07) is 2.67. The van der Waals surface area contributed by atoms with E-state index in [2.05, 4.69) is 10.3 Å². The first kappa shape index (κ1) is 18.0. The van der Waals surface area contributed by atoms with Crippen LogP contribution in [0.5, 0.6) is 0 Å². The minimum Gasteiger partial charge on any atom is -0.337 e. The van der Waals surface area contributed by atoms with E-state index in [0.717, 1.165) is 28.9 Å². The Labute approximate surface area is 154 Å². The number of nitrogens with zero attached hydrogens (tertiary/aromatic N) is 5. The van der Waals surface area contributed by atoms with Gasteiger partial charge in [0, 0.05) is 26.1 Å². The van der Waals surface area contributed by atoms with Crippen LogP contribution < -0.4 is 0 Å². The van der Waals surface area contributed by atoms with Gasteiger partial charge in [-0.1, -0.05) is 11.3 Å². The second-order valence-corrected chi connectivity index (χ2v) is 8.51. The average molecular weight is 397 g/mol. The molecular weight excluding hydrogens is 380 g/mol. The van der Waals surface area contributed by atoms with Gasteiger partial charge in [-0.25, -0.2) is 21.9 Å². The van der Waals surface area contributed by atoms with Crippen molar-refractivity contribution in [3.05, 3.63) is 41.7 Å². The first-order valence-electron chi connectivity index (χ1n) is 8.49. The Kier molecular flexibility index (Phi) is 4.42. The van der Waals surface area contributed by atoms with E-state index in [0.29, 0.717) is 25.2 Å². The zero-order valence-electron chi connectivity index (χ0n) is 14.3. The maximum absolute atomic E-state index is 13.8. The quantitative estimate of drug-likeness (QED) is 0.749. The fraction of sp³-hybridized carbons (Fsp3) is 0.438. The van der Waals surface area contributed by atoms with Crippen LogP contribution in [0.25, 0.3) is 0 Å². The molecule has 2 fully saturated rings. The summed E-state index contributed by atoms with van der Waals surface area (Å²) in [5, 5.41) is 8.01. The number of likely N-dealkylation sites (tertiary alicyclic amines) is 1. The van der Waals surface area contributed by atoms with E-state index in [1.165, 1.54) is 4.68 Å². The number of benzene rings is 1. The van der Waals surface area contributed by atoms with Crippen molar-refractivity contribution in [2.45, 2.75) is 30.3 Å². The van der Waals surface area contributed by atoms with Gasteiger partial charge in [-0.15, -0.1) is 5.10 Å². The Morgan fingerprint density at radius 2 is 1.89 bits per heavy atom. The molecule has 1 amide bonds. The van der Waals surface area contributed by atoms with E-state index < -0.39 is 26.6 Å². The zero-order valence-corrected chi connectivity index (χ0v) is 15.1. The monoisotopic (exact) mass is 397 g/mol. The molecule has 1 aromatic heterocycles. The van der Waals surface area contributed by atoms with Gasteiger partial charge in [0.1, 0.15) is 17.3 Å². The largest absolute Gasteiger partial charge is 0.337 e. The zero-order chi connectivity index (χ0) is 19.2.